The molecule has 0 saturated carbocycles. The Labute approximate surface area is 79.0 Å². The molecule has 0 spiro atoms. The van der Waals surface area contributed by atoms with Gasteiger partial charge in [0.2, 0.25) is 0 Å². The SMILES string of the molecule is C=C/C=C\C(O)c1ccc(C)cc1. The highest BCUT2D eigenvalue weighted by molar-refractivity contribution is 5.25. The third-order valence-electron chi connectivity index (χ3n) is 1.85. The second kappa shape index (κ2) is 4.63. The van der Waals surface area contributed by atoms with Crippen molar-refractivity contribution in [3.8, 4) is 0 Å². The lowest BCUT2D eigenvalue weighted by Gasteiger charge is -2.05. The zero-order chi connectivity index (χ0) is 9.68. The highest BCUT2D eigenvalue weighted by atomic mass is 16.3. The molecular formula is C12H14O. The van der Waals surface area contributed by atoms with E-state index in [0.717, 1.165) is 5.56 Å². The number of rotatable bonds is 3. The van der Waals surface area contributed by atoms with Gasteiger partial charge in [-0.25, -0.2) is 0 Å². The van der Waals surface area contributed by atoms with Crippen LogP contribution in [0.15, 0.2) is 49.1 Å². The van der Waals surface area contributed by atoms with Crippen molar-refractivity contribution in [3.63, 3.8) is 0 Å². The molecule has 0 aliphatic carbocycles. The maximum Gasteiger partial charge on any atom is 0.0974 e. The van der Waals surface area contributed by atoms with Crippen molar-refractivity contribution >= 4 is 0 Å². The molecule has 1 rings (SSSR count). The molecular weight excluding hydrogens is 160 g/mol. The topological polar surface area (TPSA) is 20.2 Å². The van der Waals surface area contributed by atoms with E-state index in [1.807, 2.05) is 31.2 Å². The lowest BCUT2D eigenvalue weighted by molar-refractivity contribution is 0.228. The summed E-state index contributed by atoms with van der Waals surface area (Å²) in [4.78, 5) is 0. The molecule has 68 valence electrons. The first-order chi connectivity index (χ1) is 6.24. The van der Waals surface area contributed by atoms with Crippen LogP contribution < -0.4 is 0 Å². The number of hydrogen-bond acceptors (Lipinski definition) is 1. The van der Waals surface area contributed by atoms with Crippen molar-refractivity contribution in [1.29, 1.82) is 0 Å². The predicted octanol–water partition coefficient (Wildman–Crippen LogP) is 2.77. The molecule has 13 heavy (non-hydrogen) atoms. The maximum atomic E-state index is 9.61. The molecule has 1 nitrogen and oxygen atoms in total. The summed E-state index contributed by atoms with van der Waals surface area (Å²) in [6.07, 6.45) is 4.57. The molecule has 1 aromatic rings. The Bertz CT molecular complexity index is 295. The molecule has 0 radical (unpaired) electrons. The van der Waals surface area contributed by atoms with E-state index in [-0.39, 0.29) is 0 Å². The average molecular weight is 174 g/mol. The molecule has 0 aliphatic heterocycles. The quantitative estimate of drug-likeness (QED) is 0.698. The van der Waals surface area contributed by atoms with Crippen molar-refractivity contribution in [2.45, 2.75) is 13.0 Å². The molecule has 1 aromatic carbocycles. The number of aryl methyl sites for hydroxylation is 1. The zero-order valence-corrected chi connectivity index (χ0v) is 7.77. The molecule has 0 saturated heterocycles. The Morgan fingerprint density at radius 2 is 1.92 bits per heavy atom. The third-order valence-corrected chi connectivity index (χ3v) is 1.85. The Balaban J connectivity index is 2.77. The second-order valence-electron chi connectivity index (χ2n) is 2.98. The van der Waals surface area contributed by atoms with Gasteiger partial charge in [0.15, 0.2) is 0 Å². The third kappa shape index (κ3) is 2.88. The Kier molecular flexibility index (Phi) is 3.47. The van der Waals surface area contributed by atoms with Gasteiger partial charge in [0, 0.05) is 0 Å². The minimum Gasteiger partial charge on any atom is -0.384 e. The van der Waals surface area contributed by atoms with Crippen LogP contribution in [0.3, 0.4) is 0 Å². The summed E-state index contributed by atoms with van der Waals surface area (Å²) in [7, 11) is 0. The van der Waals surface area contributed by atoms with Crippen molar-refractivity contribution in [1.82, 2.24) is 0 Å². The summed E-state index contributed by atoms with van der Waals surface area (Å²) in [5, 5.41) is 9.61. The highest BCUT2D eigenvalue weighted by Gasteiger charge is 2.00. The van der Waals surface area contributed by atoms with Gasteiger partial charge in [-0.15, -0.1) is 0 Å². The van der Waals surface area contributed by atoms with Gasteiger partial charge in [0.25, 0.3) is 0 Å². The summed E-state index contributed by atoms with van der Waals surface area (Å²) >= 11 is 0. The lowest BCUT2D eigenvalue weighted by atomic mass is 10.1. The van der Waals surface area contributed by atoms with Crippen molar-refractivity contribution < 1.29 is 5.11 Å². The van der Waals surface area contributed by atoms with E-state index in [4.69, 9.17) is 0 Å². The van der Waals surface area contributed by atoms with Gasteiger partial charge >= 0.3 is 0 Å². The average Bonchev–Trinajstić information content (AvgIpc) is 2.15. The summed E-state index contributed by atoms with van der Waals surface area (Å²) in [6, 6.07) is 7.82. The molecule has 1 heteroatoms. The van der Waals surface area contributed by atoms with Gasteiger partial charge in [0.1, 0.15) is 0 Å². The summed E-state index contributed by atoms with van der Waals surface area (Å²) < 4.78 is 0. The summed E-state index contributed by atoms with van der Waals surface area (Å²) in [6.45, 7) is 5.57. The normalized spacial score (nSPS) is 13.1. The minimum absolute atomic E-state index is 0.529. The van der Waals surface area contributed by atoms with Crippen molar-refractivity contribution in [2.24, 2.45) is 0 Å². The molecule has 0 aromatic heterocycles. The summed E-state index contributed by atoms with van der Waals surface area (Å²) in [5.74, 6) is 0. The number of benzene rings is 1. The molecule has 1 atom stereocenters. The van der Waals surface area contributed by atoms with Crippen LogP contribution in [-0.2, 0) is 0 Å². The van der Waals surface area contributed by atoms with Crippen molar-refractivity contribution in [2.75, 3.05) is 0 Å². The van der Waals surface area contributed by atoms with Crippen LogP contribution in [0.5, 0.6) is 0 Å². The molecule has 0 heterocycles. The van der Waals surface area contributed by atoms with Gasteiger partial charge in [-0.3, -0.25) is 0 Å². The minimum atomic E-state index is -0.529. The fourth-order valence-electron chi connectivity index (χ4n) is 1.06. The van der Waals surface area contributed by atoms with E-state index >= 15 is 0 Å². The Morgan fingerprint density at radius 3 is 2.46 bits per heavy atom. The lowest BCUT2D eigenvalue weighted by Crippen LogP contribution is -1.92. The zero-order valence-electron chi connectivity index (χ0n) is 7.77. The Hall–Kier alpha value is -1.34. The van der Waals surface area contributed by atoms with E-state index in [0.29, 0.717) is 0 Å². The maximum absolute atomic E-state index is 9.61. The van der Waals surface area contributed by atoms with E-state index in [9.17, 15) is 5.11 Å². The number of aliphatic hydroxyl groups excluding tert-OH is 1. The van der Waals surface area contributed by atoms with Gasteiger partial charge in [-0.1, -0.05) is 54.6 Å². The highest BCUT2D eigenvalue weighted by Crippen LogP contribution is 2.14. The molecule has 0 aliphatic rings. The van der Waals surface area contributed by atoms with Gasteiger partial charge < -0.3 is 5.11 Å². The van der Waals surface area contributed by atoms with Gasteiger partial charge in [-0.05, 0) is 12.5 Å². The van der Waals surface area contributed by atoms with Crippen LogP contribution in [0.2, 0.25) is 0 Å². The first-order valence-electron chi connectivity index (χ1n) is 4.28. The van der Waals surface area contributed by atoms with Gasteiger partial charge in [-0.2, -0.15) is 0 Å². The number of hydrogen-bond donors (Lipinski definition) is 1. The molecule has 0 bridgehead atoms. The van der Waals surface area contributed by atoms with E-state index in [2.05, 4.69) is 6.58 Å². The molecule has 0 fully saturated rings. The Morgan fingerprint density at radius 1 is 1.31 bits per heavy atom. The van der Waals surface area contributed by atoms with Crippen LogP contribution in [0.1, 0.15) is 17.2 Å². The number of aliphatic hydroxyl groups is 1. The number of allylic oxidation sites excluding steroid dienone is 2. The summed E-state index contributed by atoms with van der Waals surface area (Å²) in [5.41, 5.74) is 2.10. The van der Waals surface area contributed by atoms with Crippen molar-refractivity contribution in [3.05, 3.63) is 60.2 Å². The van der Waals surface area contributed by atoms with Crippen LogP contribution in [-0.4, -0.2) is 5.11 Å². The predicted molar refractivity (Wildman–Crippen MR) is 55.5 cm³/mol. The van der Waals surface area contributed by atoms with Crippen LogP contribution >= 0.6 is 0 Å². The second-order valence-corrected chi connectivity index (χ2v) is 2.98. The monoisotopic (exact) mass is 174 g/mol. The van der Waals surface area contributed by atoms with Crippen LogP contribution in [0, 0.1) is 6.92 Å². The first-order valence-corrected chi connectivity index (χ1v) is 4.28. The van der Waals surface area contributed by atoms with Gasteiger partial charge in [0.05, 0.1) is 6.10 Å². The van der Waals surface area contributed by atoms with Crippen LogP contribution in [0.4, 0.5) is 0 Å². The van der Waals surface area contributed by atoms with Crippen LogP contribution in [0.25, 0.3) is 0 Å². The standard InChI is InChI=1S/C12H14O/c1-3-4-5-12(13)11-8-6-10(2)7-9-11/h3-9,12-13H,1H2,2H3/b5-4-. The van der Waals surface area contributed by atoms with E-state index in [1.165, 1.54) is 5.56 Å². The molecule has 1 N–H and O–H groups in total. The molecule has 1 unspecified atom stereocenters. The smallest absolute Gasteiger partial charge is 0.0974 e. The largest absolute Gasteiger partial charge is 0.384 e. The van der Waals surface area contributed by atoms with E-state index in [1.54, 1.807) is 18.2 Å². The molecule has 0 amide bonds. The first kappa shape index (κ1) is 9.75. The fraction of sp³-hybridized carbons (Fsp3) is 0.167. The fourth-order valence-corrected chi connectivity index (χ4v) is 1.06. The van der Waals surface area contributed by atoms with E-state index < -0.39 is 6.10 Å².